The number of aliphatic imine (C=N–C) groups is 4. The molecule has 39 N–H and O–H groups in total. The van der Waals surface area contributed by atoms with E-state index >= 15 is 0 Å². The molecule has 48 heteroatoms. The average molecular weight is 1590 g/mol. The number of hydrogen-bond donors (Lipinski definition) is 27. The first-order valence-electron chi connectivity index (χ1n) is 35.8. The molecule has 48 nitrogen and oxygen atoms in total. The van der Waals surface area contributed by atoms with E-state index < -0.39 is 199 Å². The van der Waals surface area contributed by atoms with Crippen molar-refractivity contribution in [3.05, 3.63) is 18.2 Å². The van der Waals surface area contributed by atoms with Crippen molar-refractivity contribution in [1.82, 2.24) is 73.8 Å². The highest BCUT2D eigenvalue weighted by atomic mass is 16.4. The second kappa shape index (κ2) is 51.8. The van der Waals surface area contributed by atoms with E-state index in [0.29, 0.717) is 0 Å². The maximum atomic E-state index is 14.8. The molecule has 0 aliphatic carbocycles. The SMILES string of the molecule is CC(C)C[C@H](NC(=O)[C@H](CCCN=C(N)N)NC(=O)[C@H](CC(C)C)NC(=O)[C@H](CC(N)=O)NC(=O)[C@@H](N)CCCN=C(N)N)C(=O)N[C@@H](CCCNC(N)=O)C(=O)N[C@@H](CCCN=C(N)N)C(=O)N[C@@H](CCC(=O)O)C(=O)N[C@@H](CCCN=C(N)N)C(=O)N[C@@H](CC(N)=O)C(=O)N[C@@H](Cc1cnc[nH]1)C(=O)N[C@@H](C)C(=O)O. The van der Waals surface area contributed by atoms with Crippen LogP contribution in [0.4, 0.5) is 4.79 Å². The molecule has 0 saturated heterocycles. The Morgan fingerprint density at radius 2 is 0.696 bits per heavy atom. The number of primary amides is 3. The number of carboxylic acid groups (broad SMARTS) is 2. The van der Waals surface area contributed by atoms with Gasteiger partial charge in [-0.1, -0.05) is 27.7 Å². The van der Waals surface area contributed by atoms with Gasteiger partial charge in [0.25, 0.3) is 0 Å². The van der Waals surface area contributed by atoms with Crippen LogP contribution in [-0.2, 0) is 78.3 Å². The van der Waals surface area contributed by atoms with Crippen molar-refractivity contribution in [3.8, 4) is 0 Å². The van der Waals surface area contributed by atoms with Crippen LogP contribution in [0.15, 0.2) is 32.5 Å². The maximum absolute atomic E-state index is 14.8. The van der Waals surface area contributed by atoms with Crippen LogP contribution in [0.25, 0.3) is 0 Å². The summed E-state index contributed by atoms with van der Waals surface area (Å²) in [7, 11) is 0. The first kappa shape index (κ1) is 97.6. The lowest BCUT2D eigenvalue weighted by Gasteiger charge is -2.29. The average Bonchev–Trinajstić information content (AvgIpc) is 0.898. The Morgan fingerprint density at radius 1 is 0.393 bits per heavy atom. The van der Waals surface area contributed by atoms with E-state index in [0.717, 1.165) is 6.92 Å². The minimum absolute atomic E-state index is 0.0202. The number of carboxylic acids is 2. The highest BCUT2D eigenvalue weighted by Gasteiger charge is 2.38. The second-order valence-corrected chi connectivity index (χ2v) is 26.8. The number of nitrogens with two attached hydrogens (primary N) is 12. The molecule has 1 heterocycles. The third-order valence-corrected chi connectivity index (χ3v) is 16.0. The number of carbonyl (C=O) groups is 16. The predicted molar refractivity (Wildman–Crippen MR) is 405 cm³/mol. The quantitative estimate of drug-likeness (QED) is 0.0164. The Labute approximate surface area is 645 Å². The molecule has 0 saturated carbocycles. The zero-order valence-corrected chi connectivity index (χ0v) is 63.4. The van der Waals surface area contributed by atoms with Gasteiger partial charge < -0.3 is 148 Å². The first-order valence-corrected chi connectivity index (χ1v) is 35.8. The number of aromatic amines is 1. The number of aromatic nitrogens is 2. The van der Waals surface area contributed by atoms with Crippen LogP contribution >= 0.6 is 0 Å². The van der Waals surface area contributed by atoms with Crippen molar-refractivity contribution in [2.24, 2.45) is 101 Å². The van der Waals surface area contributed by atoms with Crippen molar-refractivity contribution >= 4 is 119 Å². The number of nitrogens with one attached hydrogen (secondary N) is 13. The van der Waals surface area contributed by atoms with E-state index in [1.165, 1.54) is 12.5 Å². The first-order chi connectivity index (χ1) is 52.5. The maximum Gasteiger partial charge on any atom is 0.325 e. The summed E-state index contributed by atoms with van der Waals surface area (Å²) in [6, 6.07) is -20.3. The fraction of sp³-hybridized carbons (Fsp3) is 0.641. The molecule has 1 aromatic heterocycles. The molecule has 1 aromatic rings. The van der Waals surface area contributed by atoms with Crippen molar-refractivity contribution in [2.45, 2.75) is 216 Å². The Morgan fingerprint density at radius 3 is 1.02 bits per heavy atom. The molecule has 0 aromatic carbocycles. The van der Waals surface area contributed by atoms with Crippen LogP contribution < -0.4 is 133 Å². The zero-order valence-electron chi connectivity index (χ0n) is 63.4. The van der Waals surface area contributed by atoms with E-state index in [-0.39, 0.29) is 152 Å². The molecule has 12 atom stereocenters. The molecule has 112 heavy (non-hydrogen) atoms. The number of imidazole rings is 1. The lowest BCUT2D eigenvalue weighted by atomic mass is 9.99. The molecular formula is C64H114N30O18. The number of urea groups is 1. The molecule has 0 radical (unpaired) electrons. The molecule has 0 fully saturated rings. The normalized spacial score (nSPS) is 14.1. The molecule has 628 valence electrons. The lowest BCUT2D eigenvalue weighted by molar-refractivity contribution is -0.142. The van der Waals surface area contributed by atoms with Crippen molar-refractivity contribution in [3.63, 3.8) is 0 Å². The highest BCUT2D eigenvalue weighted by Crippen LogP contribution is 2.14. The smallest absolute Gasteiger partial charge is 0.325 e. The Bertz CT molecular complexity index is 3450. The Hall–Kier alpha value is -12.4. The number of aliphatic carboxylic acids is 2. The molecular weight excluding hydrogens is 1480 g/mol. The number of nitrogens with zero attached hydrogens (tertiary/aromatic N) is 5. The van der Waals surface area contributed by atoms with Crippen LogP contribution in [0.3, 0.4) is 0 Å². The standard InChI is InChI=1S/C64H114N30O18/c1-30(2)23-40(91-51(102)38(14-9-21-81-63(74)75)88-56(107)41(24-31(3)4)92-57(108)43(26-45(66)95)90-48(99)34(65)11-6-18-78-60(68)69)55(106)87-36(15-10-22-82-64(76)112)49(100)85-35(12-7-19-79-61(70)71)50(101)89-39(16-17-47(97)98)53(104)86-37(13-8-20-80-62(72)73)52(103)94-44(27-46(67)96)58(109)93-42(25-33-28-77-29-83-33)54(105)84-32(5)59(110)111/h28-32,34-44H,6-27,65H2,1-5H3,(H2,66,95)(H2,67,96)(H,77,83)(H,84,105)(H,85,100)(H,86,104)(H,87,106)(H,88,107)(H,89,101)(H,90,99)(H,91,102)(H,92,108)(H,93,109)(H,94,103)(H,97,98)(H,110,111)(H4,68,69,78)(H4,70,71,79)(H4,72,73,80)(H4,74,75,81)(H3,76,82,112)/t32-,34-,35-,36-,37-,38-,39-,40-,41-,42-,43-,44-/m0/s1. The number of carbonyl (C=O) groups excluding carboxylic acids is 14. The van der Waals surface area contributed by atoms with Crippen LogP contribution in [0.2, 0.25) is 0 Å². The summed E-state index contributed by atoms with van der Waals surface area (Å²) in [6.45, 7) is 7.43. The van der Waals surface area contributed by atoms with Gasteiger partial charge in [-0.3, -0.25) is 91.9 Å². The van der Waals surface area contributed by atoms with Gasteiger partial charge in [-0.25, -0.2) is 9.78 Å². The molecule has 0 unspecified atom stereocenters. The van der Waals surface area contributed by atoms with Crippen LogP contribution in [0.5, 0.6) is 0 Å². The Balaban J connectivity index is 3.95. The third kappa shape index (κ3) is 42.4. The van der Waals surface area contributed by atoms with Crippen molar-refractivity contribution < 1.29 is 86.9 Å². The number of rotatable bonds is 56. The number of guanidine groups is 4. The van der Waals surface area contributed by atoms with Crippen LogP contribution in [0.1, 0.15) is 143 Å². The molecule has 0 aliphatic heterocycles. The van der Waals surface area contributed by atoms with E-state index in [1.54, 1.807) is 27.7 Å². The van der Waals surface area contributed by atoms with Gasteiger partial charge in [0.1, 0.15) is 66.5 Å². The fourth-order valence-electron chi connectivity index (χ4n) is 10.4. The van der Waals surface area contributed by atoms with Crippen LogP contribution in [0, 0.1) is 11.8 Å². The second-order valence-electron chi connectivity index (χ2n) is 26.8. The summed E-state index contributed by atoms with van der Waals surface area (Å²) in [5.74, 6) is -18.9. The van der Waals surface area contributed by atoms with Crippen molar-refractivity contribution in [2.75, 3.05) is 32.7 Å². The van der Waals surface area contributed by atoms with Gasteiger partial charge in [-0.2, -0.15) is 0 Å². The monoisotopic (exact) mass is 1590 g/mol. The molecule has 1 rings (SSSR count). The minimum atomic E-state index is -1.91. The highest BCUT2D eigenvalue weighted by molar-refractivity contribution is 6.01. The Kier molecular flexibility index (Phi) is 45.1. The summed E-state index contributed by atoms with van der Waals surface area (Å²) in [4.78, 5) is 239. The topological polar surface area (TPSA) is 848 Å². The van der Waals surface area contributed by atoms with Gasteiger partial charge in [-0.15, -0.1) is 0 Å². The third-order valence-electron chi connectivity index (χ3n) is 16.0. The molecule has 0 spiro atoms. The van der Waals surface area contributed by atoms with Crippen LogP contribution in [-0.4, -0.2) is 244 Å². The molecule has 0 bridgehead atoms. The van der Waals surface area contributed by atoms with Gasteiger partial charge in [-0.05, 0) is 102 Å². The summed E-state index contributed by atoms with van der Waals surface area (Å²) in [5, 5.41) is 48.6. The summed E-state index contributed by atoms with van der Waals surface area (Å²) in [6.07, 6.45) is -2.47. The van der Waals surface area contributed by atoms with Gasteiger partial charge in [0.15, 0.2) is 23.8 Å². The van der Waals surface area contributed by atoms with Gasteiger partial charge in [0.05, 0.1) is 25.2 Å². The largest absolute Gasteiger partial charge is 0.481 e. The van der Waals surface area contributed by atoms with Gasteiger partial charge in [0.2, 0.25) is 76.8 Å². The molecule has 15 amide bonds. The number of H-pyrrole nitrogens is 1. The van der Waals surface area contributed by atoms with Gasteiger partial charge in [0, 0.05) is 57.5 Å². The zero-order chi connectivity index (χ0) is 84.9. The summed E-state index contributed by atoms with van der Waals surface area (Å²) >= 11 is 0. The number of amides is 15. The van der Waals surface area contributed by atoms with E-state index in [4.69, 9.17) is 68.8 Å². The van der Waals surface area contributed by atoms with Gasteiger partial charge >= 0.3 is 18.0 Å². The van der Waals surface area contributed by atoms with E-state index in [2.05, 4.69) is 93.7 Å². The lowest BCUT2D eigenvalue weighted by Crippen LogP contribution is -2.61. The number of hydrogen-bond acceptors (Lipinski definition) is 22. The van der Waals surface area contributed by atoms with Crippen molar-refractivity contribution in [1.29, 1.82) is 0 Å². The van der Waals surface area contributed by atoms with E-state index in [1.807, 2.05) is 0 Å². The van der Waals surface area contributed by atoms with E-state index in [9.17, 15) is 86.9 Å². The predicted octanol–water partition coefficient (Wildman–Crippen LogP) is -10.9. The molecule has 0 aliphatic rings. The summed E-state index contributed by atoms with van der Waals surface area (Å²) in [5.41, 5.74) is 66.6. The summed E-state index contributed by atoms with van der Waals surface area (Å²) < 4.78 is 0. The fourth-order valence-corrected chi connectivity index (χ4v) is 10.4. The minimum Gasteiger partial charge on any atom is -0.481 e.